The highest BCUT2D eigenvalue weighted by Gasteiger charge is 2.05. The number of amides is 1. The summed E-state index contributed by atoms with van der Waals surface area (Å²) in [6, 6.07) is 7.53. The predicted molar refractivity (Wildman–Crippen MR) is 77.2 cm³/mol. The fourth-order valence-corrected chi connectivity index (χ4v) is 1.84. The lowest BCUT2D eigenvalue weighted by atomic mass is 10.1. The number of nitrogens with one attached hydrogen (secondary N) is 2. The quantitative estimate of drug-likeness (QED) is 0.671. The Morgan fingerprint density at radius 3 is 2.58 bits per heavy atom. The van der Waals surface area contributed by atoms with E-state index in [0.717, 1.165) is 19.4 Å². The summed E-state index contributed by atoms with van der Waals surface area (Å²) in [5, 5.41) is 15.4. The van der Waals surface area contributed by atoms with Crippen LogP contribution in [0.3, 0.4) is 0 Å². The van der Waals surface area contributed by atoms with Gasteiger partial charge in [-0.2, -0.15) is 0 Å². The van der Waals surface area contributed by atoms with Gasteiger partial charge in [0.15, 0.2) is 0 Å². The van der Waals surface area contributed by atoms with Crippen LogP contribution in [0.15, 0.2) is 24.3 Å². The molecule has 0 fully saturated rings. The summed E-state index contributed by atoms with van der Waals surface area (Å²) < 4.78 is 0. The molecule has 0 heterocycles. The first-order valence-corrected chi connectivity index (χ1v) is 6.89. The van der Waals surface area contributed by atoms with Gasteiger partial charge in [0.05, 0.1) is 0 Å². The topological polar surface area (TPSA) is 61.4 Å². The monoisotopic (exact) mass is 264 g/mol. The molecular weight excluding hydrogens is 240 g/mol. The molecular formula is C15H24N2O2. The number of phenols is 1. The molecule has 0 aromatic heterocycles. The number of hydrogen-bond donors (Lipinski definition) is 3. The number of rotatable bonds is 8. The third-order valence-corrected chi connectivity index (χ3v) is 2.90. The van der Waals surface area contributed by atoms with Crippen molar-refractivity contribution in [2.24, 2.45) is 0 Å². The van der Waals surface area contributed by atoms with Gasteiger partial charge in [-0.3, -0.25) is 4.79 Å². The van der Waals surface area contributed by atoms with Crippen LogP contribution in [0.5, 0.6) is 5.75 Å². The van der Waals surface area contributed by atoms with Crippen molar-refractivity contribution in [3.63, 3.8) is 0 Å². The molecule has 0 aliphatic carbocycles. The third-order valence-electron chi connectivity index (χ3n) is 2.90. The van der Waals surface area contributed by atoms with Gasteiger partial charge in [-0.05, 0) is 37.5 Å². The standard InChI is InChI=1S/C15H24N2O2/c1-3-9-17-15(19)8-10-16-12(2)11-13-4-6-14(18)7-5-13/h4-7,12,16,18H,3,8-11H2,1-2H3,(H,17,19). The van der Waals surface area contributed by atoms with Crippen molar-refractivity contribution in [3.8, 4) is 5.75 Å². The van der Waals surface area contributed by atoms with E-state index in [1.807, 2.05) is 19.1 Å². The molecule has 0 aliphatic heterocycles. The van der Waals surface area contributed by atoms with E-state index >= 15 is 0 Å². The average molecular weight is 264 g/mol. The molecule has 0 bridgehead atoms. The molecule has 1 unspecified atom stereocenters. The molecule has 106 valence electrons. The van der Waals surface area contributed by atoms with Crippen molar-refractivity contribution in [1.29, 1.82) is 0 Å². The molecule has 1 rings (SSSR count). The van der Waals surface area contributed by atoms with Crippen LogP contribution in [0, 0.1) is 0 Å². The number of benzene rings is 1. The Morgan fingerprint density at radius 1 is 1.26 bits per heavy atom. The summed E-state index contributed by atoms with van der Waals surface area (Å²) in [5.41, 5.74) is 1.17. The molecule has 0 radical (unpaired) electrons. The van der Waals surface area contributed by atoms with E-state index in [-0.39, 0.29) is 11.7 Å². The molecule has 19 heavy (non-hydrogen) atoms. The molecule has 3 N–H and O–H groups in total. The number of carbonyl (C=O) groups excluding carboxylic acids is 1. The van der Waals surface area contributed by atoms with Crippen molar-refractivity contribution >= 4 is 5.91 Å². The minimum Gasteiger partial charge on any atom is -0.508 e. The molecule has 1 amide bonds. The van der Waals surface area contributed by atoms with Crippen LogP contribution in [0.2, 0.25) is 0 Å². The van der Waals surface area contributed by atoms with E-state index < -0.39 is 0 Å². The van der Waals surface area contributed by atoms with Gasteiger partial charge < -0.3 is 15.7 Å². The fraction of sp³-hybridized carbons (Fsp3) is 0.533. The Bertz CT molecular complexity index is 376. The van der Waals surface area contributed by atoms with Crippen molar-refractivity contribution in [1.82, 2.24) is 10.6 Å². The van der Waals surface area contributed by atoms with E-state index in [1.54, 1.807) is 12.1 Å². The zero-order chi connectivity index (χ0) is 14.1. The molecule has 0 saturated carbocycles. The molecule has 4 nitrogen and oxygen atoms in total. The summed E-state index contributed by atoms with van der Waals surface area (Å²) >= 11 is 0. The fourth-order valence-electron chi connectivity index (χ4n) is 1.84. The number of carbonyl (C=O) groups is 1. The maximum Gasteiger partial charge on any atom is 0.221 e. The van der Waals surface area contributed by atoms with Gasteiger partial charge in [-0.1, -0.05) is 19.1 Å². The first-order valence-electron chi connectivity index (χ1n) is 6.89. The van der Waals surface area contributed by atoms with Gasteiger partial charge in [0.1, 0.15) is 5.75 Å². The normalized spacial score (nSPS) is 12.1. The van der Waals surface area contributed by atoms with E-state index in [4.69, 9.17) is 0 Å². The summed E-state index contributed by atoms with van der Waals surface area (Å²) in [6.45, 7) is 5.58. The Labute approximate surface area is 115 Å². The van der Waals surface area contributed by atoms with Gasteiger partial charge in [0.2, 0.25) is 5.91 Å². The second kappa shape index (κ2) is 8.53. The van der Waals surface area contributed by atoms with Gasteiger partial charge in [-0.25, -0.2) is 0 Å². The zero-order valence-electron chi connectivity index (χ0n) is 11.8. The highest BCUT2D eigenvalue weighted by atomic mass is 16.3. The van der Waals surface area contributed by atoms with Crippen LogP contribution in [0.1, 0.15) is 32.3 Å². The maximum atomic E-state index is 11.4. The molecule has 1 aromatic rings. The molecule has 0 spiro atoms. The Hall–Kier alpha value is -1.55. The SMILES string of the molecule is CCCNC(=O)CCNC(C)Cc1ccc(O)cc1. The summed E-state index contributed by atoms with van der Waals surface area (Å²) in [6.07, 6.45) is 2.37. The van der Waals surface area contributed by atoms with Crippen LogP contribution < -0.4 is 10.6 Å². The van der Waals surface area contributed by atoms with Gasteiger partial charge in [0.25, 0.3) is 0 Å². The van der Waals surface area contributed by atoms with Crippen LogP contribution in [0.25, 0.3) is 0 Å². The van der Waals surface area contributed by atoms with E-state index in [9.17, 15) is 9.90 Å². The zero-order valence-corrected chi connectivity index (χ0v) is 11.8. The molecule has 0 aliphatic rings. The highest BCUT2D eigenvalue weighted by Crippen LogP contribution is 2.11. The van der Waals surface area contributed by atoms with Crippen molar-refractivity contribution in [2.45, 2.75) is 39.2 Å². The summed E-state index contributed by atoms with van der Waals surface area (Å²) in [7, 11) is 0. The van der Waals surface area contributed by atoms with Crippen molar-refractivity contribution < 1.29 is 9.90 Å². The van der Waals surface area contributed by atoms with E-state index in [0.29, 0.717) is 19.0 Å². The third kappa shape index (κ3) is 6.82. The average Bonchev–Trinajstić information content (AvgIpc) is 2.39. The van der Waals surface area contributed by atoms with E-state index in [1.165, 1.54) is 5.56 Å². The maximum absolute atomic E-state index is 11.4. The Balaban J connectivity index is 2.19. The molecule has 0 saturated heterocycles. The van der Waals surface area contributed by atoms with Gasteiger partial charge in [-0.15, -0.1) is 0 Å². The molecule has 4 heteroatoms. The summed E-state index contributed by atoms with van der Waals surface area (Å²) in [4.78, 5) is 11.4. The highest BCUT2D eigenvalue weighted by molar-refractivity contribution is 5.75. The van der Waals surface area contributed by atoms with E-state index in [2.05, 4.69) is 17.6 Å². The number of aromatic hydroxyl groups is 1. The summed E-state index contributed by atoms with van der Waals surface area (Å²) in [5.74, 6) is 0.392. The van der Waals surface area contributed by atoms with Gasteiger partial charge >= 0.3 is 0 Å². The number of hydrogen-bond acceptors (Lipinski definition) is 3. The molecule has 1 atom stereocenters. The second-order valence-electron chi connectivity index (χ2n) is 4.83. The van der Waals surface area contributed by atoms with Gasteiger partial charge in [0, 0.05) is 25.6 Å². The Kier molecular flexibility index (Phi) is 6.97. The van der Waals surface area contributed by atoms with Crippen LogP contribution >= 0.6 is 0 Å². The Morgan fingerprint density at radius 2 is 1.95 bits per heavy atom. The lowest BCUT2D eigenvalue weighted by Gasteiger charge is -2.13. The second-order valence-corrected chi connectivity index (χ2v) is 4.83. The van der Waals surface area contributed by atoms with Crippen LogP contribution in [-0.4, -0.2) is 30.1 Å². The minimum atomic E-state index is 0.103. The van der Waals surface area contributed by atoms with Crippen molar-refractivity contribution in [2.75, 3.05) is 13.1 Å². The smallest absolute Gasteiger partial charge is 0.221 e. The predicted octanol–water partition coefficient (Wildman–Crippen LogP) is 1.83. The van der Waals surface area contributed by atoms with Crippen molar-refractivity contribution in [3.05, 3.63) is 29.8 Å². The van der Waals surface area contributed by atoms with Crippen LogP contribution in [0.4, 0.5) is 0 Å². The number of phenolic OH excluding ortho intramolecular Hbond substituents is 1. The minimum absolute atomic E-state index is 0.103. The largest absolute Gasteiger partial charge is 0.508 e. The lowest BCUT2D eigenvalue weighted by Crippen LogP contribution is -2.33. The molecule has 1 aromatic carbocycles. The first-order chi connectivity index (χ1) is 9.11. The first kappa shape index (κ1) is 15.5. The lowest BCUT2D eigenvalue weighted by molar-refractivity contribution is -0.121. The van der Waals surface area contributed by atoms with Crippen LogP contribution in [-0.2, 0) is 11.2 Å².